The van der Waals surface area contributed by atoms with Gasteiger partial charge in [-0.05, 0) is 25.0 Å². The lowest BCUT2D eigenvalue weighted by Crippen LogP contribution is -2.53. The first-order valence-electron chi connectivity index (χ1n) is 6.21. The second-order valence-electron chi connectivity index (χ2n) is 4.65. The van der Waals surface area contributed by atoms with E-state index in [0.29, 0.717) is 26.1 Å². The van der Waals surface area contributed by atoms with Crippen LogP contribution in [0.4, 0.5) is 0 Å². The van der Waals surface area contributed by atoms with Crippen LogP contribution in [0.2, 0.25) is 0 Å². The highest BCUT2D eigenvalue weighted by atomic mass is 79.9. The van der Waals surface area contributed by atoms with E-state index >= 15 is 0 Å². The number of alkyl halides is 1. The van der Waals surface area contributed by atoms with Gasteiger partial charge in [0.1, 0.15) is 5.76 Å². The average Bonchev–Trinajstić information content (AvgIpc) is 2.91. The predicted molar refractivity (Wildman–Crippen MR) is 71.7 cm³/mol. The summed E-state index contributed by atoms with van der Waals surface area (Å²) in [6.45, 7) is 1.42. The van der Waals surface area contributed by atoms with E-state index in [1.165, 1.54) is 0 Å². The molecule has 0 saturated carbocycles. The molecule has 1 saturated heterocycles. The first-order valence-corrected chi connectivity index (χ1v) is 7.33. The van der Waals surface area contributed by atoms with Crippen molar-refractivity contribution >= 4 is 21.8 Å². The minimum absolute atomic E-state index is 0.0766. The van der Waals surface area contributed by atoms with E-state index in [9.17, 15) is 4.79 Å². The molecule has 0 bridgehead atoms. The van der Waals surface area contributed by atoms with E-state index in [-0.39, 0.29) is 11.4 Å². The Bertz CT molecular complexity index is 372. The number of rotatable bonds is 5. The Kier molecular flexibility index (Phi) is 4.83. The van der Waals surface area contributed by atoms with Gasteiger partial charge in [-0.15, -0.1) is 0 Å². The summed E-state index contributed by atoms with van der Waals surface area (Å²) >= 11 is 3.50. The van der Waals surface area contributed by atoms with E-state index in [1.54, 1.807) is 6.26 Å². The number of halogens is 1. The Hall–Kier alpha value is -0.810. The molecule has 1 N–H and O–H groups in total. The van der Waals surface area contributed by atoms with Gasteiger partial charge in [0.15, 0.2) is 0 Å². The summed E-state index contributed by atoms with van der Waals surface area (Å²) in [5.41, 5.74) is -0.140. The lowest BCUT2D eigenvalue weighted by atomic mass is 9.92. The highest BCUT2D eigenvalue weighted by molar-refractivity contribution is 9.09. The van der Waals surface area contributed by atoms with Gasteiger partial charge >= 0.3 is 0 Å². The number of furan rings is 1. The zero-order valence-electron chi connectivity index (χ0n) is 10.3. The quantitative estimate of drug-likeness (QED) is 0.848. The van der Waals surface area contributed by atoms with Crippen LogP contribution in [0, 0.1) is 0 Å². The summed E-state index contributed by atoms with van der Waals surface area (Å²) in [7, 11) is 0. The smallest absolute Gasteiger partial charge is 0.220 e. The highest BCUT2D eigenvalue weighted by Gasteiger charge is 2.32. The molecular formula is C13H18BrNO3. The average molecular weight is 316 g/mol. The number of amides is 1. The number of nitrogens with one attached hydrogen (secondary N) is 1. The third-order valence-electron chi connectivity index (χ3n) is 3.29. The van der Waals surface area contributed by atoms with Gasteiger partial charge in [0.25, 0.3) is 0 Å². The fraction of sp³-hybridized carbons (Fsp3) is 0.615. The summed E-state index contributed by atoms with van der Waals surface area (Å²) in [5.74, 6) is 0.928. The summed E-state index contributed by atoms with van der Waals surface area (Å²) in [5, 5.41) is 3.91. The maximum Gasteiger partial charge on any atom is 0.220 e. The third kappa shape index (κ3) is 3.59. The molecule has 1 aromatic heterocycles. The number of hydrogen-bond acceptors (Lipinski definition) is 3. The van der Waals surface area contributed by atoms with Crippen LogP contribution >= 0.6 is 15.9 Å². The maximum absolute atomic E-state index is 12.0. The summed E-state index contributed by atoms with van der Waals surface area (Å²) in [4.78, 5) is 12.0. The van der Waals surface area contributed by atoms with Crippen molar-refractivity contribution < 1.29 is 13.9 Å². The molecule has 0 spiro atoms. The largest absolute Gasteiger partial charge is 0.469 e. The van der Waals surface area contributed by atoms with E-state index in [1.807, 2.05) is 12.1 Å². The number of carbonyl (C=O) groups is 1. The summed E-state index contributed by atoms with van der Waals surface area (Å²) in [6.07, 6.45) is 4.47. The molecule has 0 aromatic carbocycles. The van der Waals surface area contributed by atoms with Crippen molar-refractivity contribution in [3.63, 3.8) is 0 Å². The summed E-state index contributed by atoms with van der Waals surface area (Å²) < 4.78 is 10.6. The molecule has 1 aromatic rings. The second-order valence-corrected chi connectivity index (χ2v) is 5.21. The van der Waals surface area contributed by atoms with Crippen molar-refractivity contribution in [3.05, 3.63) is 24.2 Å². The van der Waals surface area contributed by atoms with Crippen LogP contribution in [0.5, 0.6) is 0 Å². The molecule has 5 heteroatoms. The number of aryl methyl sites for hydroxylation is 1. The lowest BCUT2D eigenvalue weighted by Gasteiger charge is -2.36. The van der Waals surface area contributed by atoms with Gasteiger partial charge in [0.05, 0.1) is 11.8 Å². The molecule has 2 heterocycles. The minimum Gasteiger partial charge on any atom is -0.469 e. The van der Waals surface area contributed by atoms with Crippen molar-refractivity contribution in [1.82, 2.24) is 5.32 Å². The Morgan fingerprint density at radius 2 is 2.22 bits per heavy atom. The Morgan fingerprint density at radius 3 is 2.83 bits per heavy atom. The minimum atomic E-state index is -0.140. The number of ether oxygens (including phenoxy) is 1. The van der Waals surface area contributed by atoms with Crippen LogP contribution in [-0.2, 0) is 16.0 Å². The molecule has 100 valence electrons. The van der Waals surface area contributed by atoms with Crippen molar-refractivity contribution in [2.75, 3.05) is 18.5 Å². The maximum atomic E-state index is 12.0. The number of carbonyl (C=O) groups excluding carboxylic acids is 1. The second kappa shape index (κ2) is 6.38. The van der Waals surface area contributed by atoms with Crippen LogP contribution in [0.25, 0.3) is 0 Å². The van der Waals surface area contributed by atoms with E-state index in [0.717, 1.165) is 23.9 Å². The number of hydrogen-bond donors (Lipinski definition) is 1. The zero-order chi connectivity index (χ0) is 12.8. The topological polar surface area (TPSA) is 51.5 Å². The van der Waals surface area contributed by atoms with Gasteiger partial charge in [-0.1, -0.05) is 15.9 Å². The zero-order valence-corrected chi connectivity index (χ0v) is 11.9. The van der Waals surface area contributed by atoms with Gasteiger partial charge in [-0.3, -0.25) is 4.79 Å². The Labute approximate surface area is 115 Å². The fourth-order valence-electron chi connectivity index (χ4n) is 2.10. The van der Waals surface area contributed by atoms with Gasteiger partial charge < -0.3 is 14.5 Å². The first kappa shape index (κ1) is 13.6. The fourth-order valence-corrected chi connectivity index (χ4v) is 2.80. The van der Waals surface area contributed by atoms with Crippen LogP contribution in [0.1, 0.15) is 25.0 Å². The van der Waals surface area contributed by atoms with Crippen LogP contribution in [0.15, 0.2) is 22.8 Å². The van der Waals surface area contributed by atoms with E-state index < -0.39 is 0 Å². The van der Waals surface area contributed by atoms with Crippen molar-refractivity contribution in [3.8, 4) is 0 Å². The molecule has 1 aliphatic rings. The first-order chi connectivity index (χ1) is 8.74. The molecule has 1 aliphatic heterocycles. The molecule has 1 amide bonds. The van der Waals surface area contributed by atoms with Gasteiger partial charge in [0.2, 0.25) is 5.91 Å². The molecule has 0 radical (unpaired) electrons. The van der Waals surface area contributed by atoms with Crippen LogP contribution in [-0.4, -0.2) is 30.0 Å². The molecule has 4 nitrogen and oxygen atoms in total. The molecule has 0 atom stereocenters. The summed E-state index contributed by atoms with van der Waals surface area (Å²) in [6, 6.07) is 3.73. The molecular weight excluding hydrogens is 298 g/mol. The van der Waals surface area contributed by atoms with Crippen molar-refractivity contribution in [2.24, 2.45) is 0 Å². The molecule has 0 aliphatic carbocycles. The molecule has 1 fully saturated rings. The standard InChI is InChI=1S/C13H18BrNO3/c14-10-13(5-8-17-9-6-13)15-12(16)4-3-11-2-1-7-18-11/h1-2,7H,3-6,8-10H2,(H,15,16). The Morgan fingerprint density at radius 1 is 1.44 bits per heavy atom. The van der Waals surface area contributed by atoms with Gasteiger partial charge in [-0.25, -0.2) is 0 Å². The molecule has 0 unspecified atom stereocenters. The highest BCUT2D eigenvalue weighted by Crippen LogP contribution is 2.23. The molecule has 2 rings (SSSR count). The SMILES string of the molecule is O=C(CCc1ccco1)NC1(CBr)CCOCC1. The lowest BCUT2D eigenvalue weighted by molar-refractivity contribution is -0.123. The van der Waals surface area contributed by atoms with Crippen molar-refractivity contribution in [1.29, 1.82) is 0 Å². The van der Waals surface area contributed by atoms with E-state index in [4.69, 9.17) is 9.15 Å². The predicted octanol–water partition coefficient (Wildman–Crippen LogP) is 2.27. The Balaban J connectivity index is 1.81. The van der Waals surface area contributed by atoms with E-state index in [2.05, 4.69) is 21.2 Å². The van der Waals surface area contributed by atoms with Crippen molar-refractivity contribution in [2.45, 2.75) is 31.2 Å². The normalized spacial score (nSPS) is 18.5. The van der Waals surface area contributed by atoms with Gasteiger partial charge in [0, 0.05) is 31.4 Å². The van der Waals surface area contributed by atoms with Crippen LogP contribution in [0.3, 0.4) is 0 Å². The molecule has 18 heavy (non-hydrogen) atoms. The van der Waals surface area contributed by atoms with Gasteiger partial charge in [-0.2, -0.15) is 0 Å². The van der Waals surface area contributed by atoms with Crippen LogP contribution < -0.4 is 5.32 Å². The third-order valence-corrected chi connectivity index (χ3v) is 4.36. The monoisotopic (exact) mass is 315 g/mol.